The second kappa shape index (κ2) is 5.02. The molecule has 1 N–H and O–H groups in total. The highest BCUT2D eigenvalue weighted by Crippen LogP contribution is 2.31. The Morgan fingerprint density at radius 2 is 2.00 bits per heavy atom. The first-order valence-corrected chi connectivity index (χ1v) is 8.00. The third-order valence-corrected chi connectivity index (χ3v) is 4.36. The first-order chi connectivity index (χ1) is 9.19. The molecular weight excluding hydrogens is 320 g/mol. The second-order valence-corrected chi connectivity index (χ2v) is 6.17. The van der Waals surface area contributed by atoms with E-state index >= 15 is 0 Å². The fourth-order valence-corrected chi connectivity index (χ4v) is 3.39. The van der Waals surface area contributed by atoms with E-state index in [4.69, 9.17) is 4.98 Å². The van der Waals surface area contributed by atoms with Gasteiger partial charge in [-0.15, -0.1) is 11.8 Å². The highest BCUT2D eigenvalue weighted by Gasteiger charge is 2.10. The van der Waals surface area contributed by atoms with E-state index in [2.05, 4.69) is 64.4 Å². The van der Waals surface area contributed by atoms with E-state index in [1.807, 2.05) is 6.07 Å². The van der Waals surface area contributed by atoms with Crippen LogP contribution in [0.3, 0.4) is 0 Å². The molecule has 0 aliphatic rings. The molecule has 0 unspecified atom stereocenters. The van der Waals surface area contributed by atoms with Crippen LogP contribution < -0.4 is 0 Å². The number of halogens is 1. The molecule has 3 rings (SSSR count). The maximum Gasteiger partial charge on any atom is 0.139 e. The van der Waals surface area contributed by atoms with Gasteiger partial charge in [0, 0.05) is 14.9 Å². The Hall–Kier alpha value is -1.26. The van der Waals surface area contributed by atoms with Gasteiger partial charge in [-0.25, -0.2) is 4.98 Å². The number of H-pyrrole nitrogens is 1. The molecule has 0 aliphatic carbocycles. The van der Waals surface area contributed by atoms with E-state index in [1.54, 1.807) is 11.8 Å². The average molecular weight is 333 g/mol. The van der Waals surface area contributed by atoms with Crippen LogP contribution in [-0.4, -0.2) is 16.2 Å². The van der Waals surface area contributed by atoms with Crippen molar-refractivity contribution in [3.8, 4) is 11.4 Å². The zero-order valence-electron chi connectivity index (χ0n) is 10.7. The van der Waals surface area contributed by atoms with E-state index in [-0.39, 0.29) is 0 Å². The highest BCUT2D eigenvalue weighted by molar-refractivity contribution is 9.10. The largest absolute Gasteiger partial charge is 0.338 e. The highest BCUT2D eigenvalue weighted by atomic mass is 79.9. The van der Waals surface area contributed by atoms with E-state index in [0.717, 1.165) is 26.9 Å². The molecule has 0 bridgehead atoms. The molecule has 96 valence electrons. The van der Waals surface area contributed by atoms with E-state index in [1.165, 1.54) is 10.5 Å². The van der Waals surface area contributed by atoms with Gasteiger partial charge >= 0.3 is 0 Å². The quantitative estimate of drug-likeness (QED) is 0.667. The van der Waals surface area contributed by atoms with Crippen molar-refractivity contribution in [2.45, 2.75) is 11.8 Å². The Kier molecular flexibility index (Phi) is 3.37. The number of thioether (sulfide) groups is 1. The van der Waals surface area contributed by atoms with Crippen molar-refractivity contribution in [2.75, 3.05) is 6.26 Å². The molecule has 0 fully saturated rings. The lowest BCUT2D eigenvalue weighted by Gasteiger charge is -2.02. The topological polar surface area (TPSA) is 28.7 Å². The Bertz CT molecular complexity index is 749. The van der Waals surface area contributed by atoms with Gasteiger partial charge in [-0.05, 0) is 36.9 Å². The lowest BCUT2D eigenvalue weighted by molar-refractivity contribution is 1.29. The molecule has 4 heteroatoms. The van der Waals surface area contributed by atoms with E-state index < -0.39 is 0 Å². The molecule has 1 aromatic heterocycles. The fraction of sp³-hybridized carbons (Fsp3) is 0.133. The molecule has 2 aromatic carbocycles. The monoisotopic (exact) mass is 332 g/mol. The molecular formula is C15H13BrN2S. The van der Waals surface area contributed by atoms with Crippen molar-refractivity contribution in [1.29, 1.82) is 0 Å². The molecule has 0 saturated heterocycles. The number of imidazole rings is 1. The Balaban J connectivity index is 2.23. The van der Waals surface area contributed by atoms with Gasteiger partial charge in [0.2, 0.25) is 0 Å². The maximum atomic E-state index is 4.74. The van der Waals surface area contributed by atoms with Crippen molar-refractivity contribution >= 4 is 38.7 Å². The predicted octanol–water partition coefficient (Wildman–Crippen LogP) is 5.02. The van der Waals surface area contributed by atoms with Gasteiger partial charge in [-0.3, -0.25) is 0 Å². The number of aromatic amines is 1. The van der Waals surface area contributed by atoms with Crippen molar-refractivity contribution in [1.82, 2.24) is 9.97 Å². The minimum absolute atomic E-state index is 0.932. The first kappa shape index (κ1) is 12.8. The first-order valence-electron chi connectivity index (χ1n) is 5.98. The Labute approximate surface area is 124 Å². The zero-order chi connectivity index (χ0) is 13.4. The fourth-order valence-electron chi connectivity index (χ4n) is 2.21. The van der Waals surface area contributed by atoms with Crippen LogP contribution in [0.25, 0.3) is 22.4 Å². The minimum atomic E-state index is 0.932. The summed E-state index contributed by atoms with van der Waals surface area (Å²) >= 11 is 5.26. The summed E-state index contributed by atoms with van der Waals surface area (Å²) in [7, 11) is 0. The molecule has 0 atom stereocenters. The number of nitrogens with zero attached hydrogens (tertiary/aromatic N) is 1. The number of rotatable bonds is 2. The summed E-state index contributed by atoms with van der Waals surface area (Å²) in [6, 6.07) is 12.5. The van der Waals surface area contributed by atoms with Crippen LogP contribution in [0.4, 0.5) is 0 Å². The van der Waals surface area contributed by atoms with Crippen LogP contribution in [0.1, 0.15) is 5.56 Å². The van der Waals surface area contributed by atoms with E-state index in [0.29, 0.717) is 0 Å². The summed E-state index contributed by atoms with van der Waals surface area (Å²) in [4.78, 5) is 9.39. The third kappa shape index (κ3) is 2.30. The van der Waals surface area contributed by atoms with Gasteiger partial charge in [-0.2, -0.15) is 0 Å². The van der Waals surface area contributed by atoms with Crippen LogP contribution in [0, 0.1) is 6.92 Å². The molecule has 0 radical (unpaired) electrons. The van der Waals surface area contributed by atoms with Gasteiger partial charge < -0.3 is 4.98 Å². The van der Waals surface area contributed by atoms with Crippen molar-refractivity contribution in [3.05, 3.63) is 46.4 Å². The number of aryl methyl sites for hydroxylation is 1. The number of aromatic nitrogens is 2. The van der Waals surface area contributed by atoms with Gasteiger partial charge in [0.1, 0.15) is 5.82 Å². The van der Waals surface area contributed by atoms with Gasteiger partial charge in [0.25, 0.3) is 0 Å². The van der Waals surface area contributed by atoms with Crippen LogP contribution in [-0.2, 0) is 0 Å². The number of fused-ring (bicyclic) bond motifs is 1. The van der Waals surface area contributed by atoms with Gasteiger partial charge in [-0.1, -0.05) is 34.1 Å². The smallest absolute Gasteiger partial charge is 0.139 e. The second-order valence-electron chi connectivity index (χ2n) is 4.40. The lowest BCUT2D eigenvalue weighted by Crippen LogP contribution is -1.83. The average Bonchev–Trinajstić information content (AvgIpc) is 2.82. The van der Waals surface area contributed by atoms with Crippen LogP contribution in [0.5, 0.6) is 0 Å². The Morgan fingerprint density at radius 3 is 2.79 bits per heavy atom. The molecule has 0 aliphatic heterocycles. The van der Waals surface area contributed by atoms with Crippen molar-refractivity contribution in [2.24, 2.45) is 0 Å². The summed E-state index contributed by atoms with van der Waals surface area (Å²) in [5, 5.41) is 0. The summed E-state index contributed by atoms with van der Waals surface area (Å²) in [5.74, 6) is 0.932. The minimum Gasteiger partial charge on any atom is -0.338 e. The van der Waals surface area contributed by atoms with Gasteiger partial charge in [0.15, 0.2) is 0 Å². The van der Waals surface area contributed by atoms with Crippen LogP contribution in [0.2, 0.25) is 0 Å². The van der Waals surface area contributed by atoms with E-state index in [9.17, 15) is 0 Å². The van der Waals surface area contributed by atoms with Gasteiger partial charge in [0.05, 0.1) is 11.0 Å². The predicted molar refractivity (Wildman–Crippen MR) is 85.7 cm³/mol. The molecule has 0 amide bonds. The molecule has 19 heavy (non-hydrogen) atoms. The molecule has 0 spiro atoms. The SMILES string of the molecule is CSc1ccccc1-c1nc2c(C)cc(Br)cc2[nH]1. The van der Waals surface area contributed by atoms with Crippen molar-refractivity contribution in [3.63, 3.8) is 0 Å². The molecule has 0 saturated carbocycles. The van der Waals surface area contributed by atoms with Crippen LogP contribution in [0.15, 0.2) is 45.8 Å². The Morgan fingerprint density at radius 1 is 1.21 bits per heavy atom. The number of hydrogen-bond acceptors (Lipinski definition) is 2. The maximum absolute atomic E-state index is 4.74. The molecule has 3 aromatic rings. The van der Waals surface area contributed by atoms with Crippen LogP contribution >= 0.6 is 27.7 Å². The standard InChI is InChI=1S/C15H13BrN2S/c1-9-7-10(16)8-12-14(9)18-15(17-12)11-5-3-4-6-13(11)19-2/h3-8H,1-2H3,(H,17,18). The summed E-state index contributed by atoms with van der Waals surface area (Å²) in [5.41, 5.74) is 4.43. The number of nitrogens with one attached hydrogen (secondary N) is 1. The lowest BCUT2D eigenvalue weighted by atomic mass is 10.2. The number of benzene rings is 2. The summed E-state index contributed by atoms with van der Waals surface area (Å²) in [6.07, 6.45) is 2.09. The summed E-state index contributed by atoms with van der Waals surface area (Å²) < 4.78 is 1.07. The summed E-state index contributed by atoms with van der Waals surface area (Å²) in [6.45, 7) is 2.08. The normalized spacial score (nSPS) is 11.1. The molecule has 1 heterocycles. The molecule has 2 nitrogen and oxygen atoms in total. The third-order valence-electron chi connectivity index (χ3n) is 3.10. The van der Waals surface area contributed by atoms with Crippen molar-refractivity contribution < 1.29 is 0 Å². The number of hydrogen-bond donors (Lipinski definition) is 1. The zero-order valence-corrected chi connectivity index (χ0v) is 13.1.